The molecule has 0 aliphatic heterocycles. The molecule has 17 heavy (non-hydrogen) atoms. The average molecular weight is 230 g/mol. The molecule has 0 heterocycles. The van der Waals surface area contributed by atoms with E-state index in [1.165, 1.54) is 22.3 Å². The zero-order valence-electron chi connectivity index (χ0n) is 12.2. The van der Waals surface area contributed by atoms with Crippen molar-refractivity contribution in [1.29, 1.82) is 0 Å². The lowest BCUT2D eigenvalue weighted by molar-refractivity contribution is 0.801. The SMILES string of the molecule is C=Cc1c(C(C)C)cc(C(C)C)cc1C(C)C. The smallest absolute Gasteiger partial charge is 0.0193 e. The van der Waals surface area contributed by atoms with E-state index in [4.69, 9.17) is 0 Å². The Labute approximate surface area is 107 Å². The molecule has 94 valence electrons. The second-order valence-corrected chi connectivity index (χ2v) is 5.78. The third kappa shape index (κ3) is 3.00. The second-order valence-electron chi connectivity index (χ2n) is 5.78. The van der Waals surface area contributed by atoms with Crippen LogP contribution in [0.25, 0.3) is 6.08 Å². The molecule has 0 atom stereocenters. The second kappa shape index (κ2) is 5.53. The Morgan fingerprint density at radius 2 is 1.24 bits per heavy atom. The van der Waals surface area contributed by atoms with E-state index in [0.29, 0.717) is 17.8 Å². The van der Waals surface area contributed by atoms with Gasteiger partial charge in [0.1, 0.15) is 0 Å². The fourth-order valence-electron chi connectivity index (χ4n) is 2.25. The third-order valence-electron chi connectivity index (χ3n) is 3.38. The Morgan fingerprint density at radius 3 is 1.47 bits per heavy atom. The van der Waals surface area contributed by atoms with Crippen molar-refractivity contribution in [3.63, 3.8) is 0 Å². The maximum Gasteiger partial charge on any atom is -0.0193 e. The lowest BCUT2D eigenvalue weighted by Crippen LogP contribution is -2.03. The normalized spacial score (nSPS) is 11.6. The molecule has 0 heteroatoms. The third-order valence-corrected chi connectivity index (χ3v) is 3.38. The maximum absolute atomic E-state index is 3.99. The van der Waals surface area contributed by atoms with Gasteiger partial charge in [0.15, 0.2) is 0 Å². The lowest BCUT2D eigenvalue weighted by Gasteiger charge is -2.20. The molecule has 0 unspecified atom stereocenters. The van der Waals surface area contributed by atoms with Gasteiger partial charge in [0, 0.05) is 0 Å². The summed E-state index contributed by atoms with van der Waals surface area (Å²) >= 11 is 0. The summed E-state index contributed by atoms with van der Waals surface area (Å²) in [6.45, 7) is 17.6. The average Bonchev–Trinajstić information content (AvgIpc) is 2.26. The molecule has 0 N–H and O–H groups in total. The van der Waals surface area contributed by atoms with Gasteiger partial charge in [-0.15, -0.1) is 0 Å². The van der Waals surface area contributed by atoms with Gasteiger partial charge in [-0.2, -0.15) is 0 Å². The summed E-state index contributed by atoms with van der Waals surface area (Å²) in [5, 5.41) is 0. The molecule has 1 aromatic carbocycles. The van der Waals surface area contributed by atoms with E-state index in [-0.39, 0.29) is 0 Å². The van der Waals surface area contributed by atoms with Gasteiger partial charge >= 0.3 is 0 Å². The van der Waals surface area contributed by atoms with Gasteiger partial charge < -0.3 is 0 Å². The highest BCUT2D eigenvalue weighted by Crippen LogP contribution is 2.32. The van der Waals surface area contributed by atoms with Crippen LogP contribution >= 0.6 is 0 Å². The van der Waals surface area contributed by atoms with Crippen molar-refractivity contribution in [3.8, 4) is 0 Å². The van der Waals surface area contributed by atoms with Crippen molar-refractivity contribution in [3.05, 3.63) is 41.0 Å². The number of hydrogen-bond acceptors (Lipinski definition) is 0. The van der Waals surface area contributed by atoms with Crippen LogP contribution in [0.15, 0.2) is 18.7 Å². The topological polar surface area (TPSA) is 0 Å². The van der Waals surface area contributed by atoms with Crippen molar-refractivity contribution in [2.24, 2.45) is 0 Å². The fourth-order valence-corrected chi connectivity index (χ4v) is 2.25. The highest BCUT2D eigenvalue weighted by atomic mass is 14.2. The van der Waals surface area contributed by atoms with E-state index in [1.807, 2.05) is 6.08 Å². The highest BCUT2D eigenvalue weighted by molar-refractivity contribution is 5.60. The summed E-state index contributed by atoms with van der Waals surface area (Å²) in [4.78, 5) is 0. The van der Waals surface area contributed by atoms with Crippen molar-refractivity contribution in [2.45, 2.75) is 59.3 Å². The molecular weight excluding hydrogens is 204 g/mol. The standard InChI is InChI=1S/C17H26/c1-8-15-16(12(4)5)9-14(11(2)3)10-17(15)13(6)7/h8-13H,1H2,2-7H3. The minimum atomic E-state index is 0.555. The van der Waals surface area contributed by atoms with Crippen molar-refractivity contribution < 1.29 is 0 Å². The highest BCUT2D eigenvalue weighted by Gasteiger charge is 2.14. The molecule has 1 rings (SSSR count). The Bertz CT molecular complexity index is 365. The van der Waals surface area contributed by atoms with Crippen molar-refractivity contribution >= 4 is 6.08 Å². The molecule has 0 aliphatic rings. The molecule has 0 saturated carbocycles. The Hall–Kier alpha value is -1.04. The minimum absolute atomic E-state index is 0.555. The van der Waals surface area contributed by atoms with Crippen LogP contribution in [0.1, 0.15) is 81.5 Å². The van der Waals surface area contributed by atoms with Crippen molar-refractivity contribution in [2.75, 3.05) is 0 Å². The first-order valence-electron chi connectivity index (χ1n) is 6.68. The van der Waals surface area contributed by atoms with Crippen LogP contribution in [-0.4, -0.2) is 0 Å². The van der Waals surface area contributed by atoms with Gasteiger partial charge in [0.05, 0.1) is 0 Å². The van der Waals surface area contributed by atoms with E-state index >= 15 is 0 Å². The summed E-state index contributed by atoms with van der Waals surface area (Å²) < 4.78 is 0. The van der Waals surface area contributed by atoms with E-state index in [1.54, 1.807) is 0 Å². The van der Waals surface area contributed by atoms with Crippen molar-refractivity contribution in [1.82, 2.24) is 0 Å². The maximum atomic E-state index is 3.99. The van der Waals surface area contributed by atoms with Gasteiger partial charge in [-0.1, -0.05) is 66.3 Å². The summed E-state index contributed by atoms with van der Waals surface area (Å²) in [6.07, 6.45) is 2.02. The van der Waals surface area contributed by atoms with Gasteiger partial charge in [0.25, 0.3) is 0 Å². The first-order valence-corrected chi connectivity index (χ1v) is 6.68. The Kier molecular flexibility index (Phi) is 4.56. The number of rotatable bonds is 4. The van der Waals surface area contributed by atoms with Gasteiger partial charge in [-0.05, 0) is 40.0 Å². The fraction of sp³-hybridized carbons (Fsp3) is 0.529. The molecule has 0 radical (unpaired) electrons. The van der Waals surface area contributed by atoms with Gasteiger partial charge in [-0.25, -0.2) is 0 Å². The van der Waals surface area contributed by atoms with E-state index in [2.05, 4.69) is 60.3 Å². The molecule has 1 aromatic rings. The molecule has 0 aromatic heterocycles. The monoisotopic (exact) mass is 230 g/mol. The summed E-state index contributed by atoms with van der Waals surface area (Å²) in [5.74, 6) is 1.70. The van der Waals surface area contributed by atoms with Crippen LogP contribution in [0.5, 0.6) is 0 Å². The summed E-state index contributed by atoms with van der Waals surface area (Å²) in [7, 11) is 0. The first-order chi connectivity index (χ1) is 7.88. The van der Waals surface area contributed by atoms with Crippen LogP contribution in [0.3, 0.4) is 0 Å². The molecule has 0 nitrogen and oxygen atoms in total. The van der Waals surface area contributed by atoms with Crippen LogP contribution in [0.4, 0.5) is 0 Å². The predicted molar refractivity (Wildman–Crippen MR) is 78.8 cm³/mol. The lowest BCUT2D eigenvalue weighted by atomic mass is 9.84. The zero-order valence-corrected chi connectivity index (χ0v) is 12.2. The quantitative estimate of drug-likeness (QED) is 0.622. The largest absolute Gasteiger partial charge is 0.0984 e. The van der Waals surface area contributed by atoms with E-state index < -0.39 is 0 Å². The summed E-state index contributed by atoms with van der Waals surface area (Å²) in [5.41, 5.74) is 5.67. The van der Waals surface area contributed by atoms with Crippen LogP contribution < -0.4 is 0 Å². The molecule has 0 saturated heterocycles. The molecule has 0 aliphatic carbocycles. The molecule has 0 bridgehead atoms. The van der Waals surface area contributed by atoms with E-state index in [9.17, 15) is 0 Å². The predicted octanol–water partition coefficient (Wildman–Crippen LogP) is 5.70. The zero-order chi connectivity index (χ0) is 13.2. The van der Waals surface area contributed by atoms with Crippen LogP contribution in [0, 0.1) is 0 Å². The number of hydrogen-bond donors (Lipinski definition) is 0. The molecule has 0 spiro atoms. The molecular formula is C17H26. The van der Waals surface area contributed by atoms with Gasteiger partial charge in [-0.3, -0.25) is 0 Å². The van der Waals surface area contributed by atoms with Gasteiger partial charge in [0.2, 0.25) is 0 Å². The first kappa shape index (κ1) is 14.0. The van der Waals surface area contributed by atoms with Crippen LogP contribution in [-0.2, 0) is 0 Å². The Balaban J connectivity index is 3.51. The minimum Gasteiger partial charge on any atom is -0.0984 e. The summed E-state index contributed by atoms with van der Waals surface area (Å²) in [6, 6.07) is 4.72. The molecule has 0 fully saturated rings. The number of benzene rings is 1. The van der Waals surface area contributed by atoms with Crippen LogP contribution in [0.2, 0.25) is 0 Å². The van der Waals surface area contributed by atoms with E-state index in [0.717, 1.165) is 0 Å². The Morgan fingerprint density at radius 1 is 0.824 bits per heavy atom. The molecule has 0 amide bonds.